The number of piperidine rings is 1. The zero-order chi connectivity index (χ0) is 19.2. The minimum absolute atomic E-state index is 0.0287. The summed E-state index contributed by atoms with van der Waals surface area (Å²) >= 11 is 0. The number of aliphatic hydroxyl groups is 1. The van der Waals surface area contributed by atoms with Crippen molar-refractivity contribution in [1.82, 2.24) is 10.2 Å². The molecule has 5 heteroatoms. The molecule has 2 aromatic rings. The first-order valence-corrected chi connectivity index (χ1v) is 9.50. The average Bonchev–Trinajstić information content (AvgIpc) is 2.69. The standard InChI is InChI=1S/C22H27FN2O2/c1-16-13-17(7-8-20(16)23)14-24-21(26)15-25-11-9-19(10-12-25)22(27)18-5-3-2-4-6-18/h2-8,13,19,22,27H,9-12,14-15H2,1H3,(H,24,26). The summed E-state index contributed by atoms with van der Waals surface area (Å²) in [7, 11) is 0. The van der Waals surface area contributed by atoms with Crippen LogP contribution >= 0.6 is 0 Å². The normalized spacial score (nSPS) is 16.9. The summed E-state index contributed by atoms with van der Waals surface area (Å²) in [4.78, 5) is 14.3. The number of aryl methyl sites for hydroxylation is 1. The van der Waals surface area contributed by atoms with Crippen LogP contribution in [0.5, 0.6) is 0 Å². The molecule has 1 heterocycles. The van der Waals surface area contributed by atoms with E-state index in [1.807, 2.05) is 30.3 Å². The van der Waals surface area contributed by atoms with Crippen molar-refractivity contribution in [3.05, 3.63) is 71.0 Å². The summed E-state index contributed by atoms with van der Waals surface area (Å²) < 4.78 is 13.3. The molecule has 0 spiro atoms. The van der Waals surface area contributed by atoms with Crippen LogP contribution in [-0.2, 0) is 11.3 Å². The van der Waals surface area contributed by atoms with E-state index < -0.39 is 6.10 Å². The van der Waals surface area contributed by atoms with E-state index in [1.54, 1.807) is 19.1 Å². The second-order valence-corrected chi connectivity index (χ2v) is 7.33. The second kappa shape index (κ2) is 9.11. The Morgan fingerprint density at radius 1 is 1.22 bits per heavy atom. The number of carbonyl (C=O) groups excluding carboxylic acids is 1. The van der Waals surface area contributed by atoms with Gasteiger partial charge in [0.25, 0.3) is 0 Å². The van der Waals surface area contributed by atoms with Crippen LogP contribution in [-0.4, -0.2) is 35.5 Å². The van der Waals surface area contributed by atoms with E-state index in [2.05, 4.69) is 10.2 Å². The van der Waals surface area contributed by atoms with E-state index in [0.29, 0.717) is 18.7 Å². The molecule has 1 aliphatic rings. The highest BCUT2D eigenvalue weighted by molar-refractivity contribution is 5.78. The summed E-state index contributed by atoms with van der Waals surface area (Å²) in [5.74, 6) is -0.0291. The number of nitrogens with one attached hydrogen (secondary N) is 1. The number of aliphatic hydroxyl groups excluding tert-OH is 1. The SMILES string of the molecule is Cc1cc(CNC(=O)CN2CCC(C(O)c3ccccc3)CC2)ccc1F. The molecule has 144 valence electrons. The Bertz CT molecular complexity index is 758. The maximum absolute atomic E-state index is 13.3. The van der Waals surface area contributed by atoms with Gasteiger partial charge in [-0.05, 0) is 61.5 Å². The number of likely N-dealkylation sites (tertiary alicyclic amines) is 1. The minimum Gasteiger partial charge on any atom is -0.388 e. The highest BCUT2D eigenvalue weighted by Crippen LogP contribution is 2.30. The molecule has 0 aromatic heterocycles. The predicted octanol–water partition coefficient (Wildman–Crippen LogP) is 3.20. The zero-order valence-corrected chi connectivity index (χ0v) is 15.7. The van der Waals surface area contributed by atoms with E-state index in [9.17, 15) is 14.3 Å². The van der Waals surface area contributed by atoms with Gasteiger partial charge in [0, 0.05) is 6.54 Å². The van der Waals surface area contributed by atoms with Gasteiger partial charge in [0.15, 0.2) is 0 Å². The molecule has 0 aliphatic carbocycles. The lowest BCUT2D eigenvalue weighted by Crippen LogP contribution is -2.42. The summed E-state index contributed by atoms with van der Waals surface area (Å²) in [5, 5.41) is 13.4. The van der Waals surface area contributed by atoms with Crippen LogP contribution in [0, 0.1) is 18.7 Å². The Labute approximate surface area is 160 Å². The molecule has 0 bridgehead atoms. The van der Waals surface area contributed by atoms with Crippen LogP contribution in [0.3, 0.4) is 0 Å². The molecule has 3 rings (SSSR count). The van der Waals surface area contributed by atoms with Gasteiger partial charge in [-0.1, -0.05) is 42.5 Å². The third kappa shape index (κ3) is 5.37. The van der Waals surface area contributed by atoms with E-state index in [-0.39, 0.29) is 17.6 Å². The van der Waals surface area contributed by atoms with E-state index in [4.69, 9.17) is 0 Å². The molecular weight excluding hydrogens is 343 g/mol. The quantitative estimate of drug-likeness (QED) is 0.821. The maximum Gasteiger partial charge on any atom is 0.234 e. The largest absolute Gasteiger partial charge is 0.388 e. The highest BCUT2D eigenvalue weighted by atomic mass is 19.1. The van der Waals surface area contributed by atoms with Gasteiger partial charge in [-0.15, -0.1) is 0 Å². The lowest BCUT2D eigenvalue weighted by molar-refractivity contribution is -0.122. The van der Waals surface area contributed by atoms with Gasteiger partial charge in [0.05, 0.1) is 12.6 Å². The molecule has 1 saturated heterocycles. The molecule has 1 amide bonds. The molecule has 1 unspecified atom stereocenters. The molecular formula is C22H27FN2O2. The Balaban J connectivity index is 1.42. The third-order valence-electron chi connectivity index (χ3n) is 5.30. The number of carbonyl (C=O) groups is 1. The van der Waals surface area contributed by atoms with E-state index in [0.717, 1.165) is 37.1 Å². The Morgan fingerprint density at radius 3 is 2.59 bits per heavy atom. The molecule has 2 aromatic carbocycles. The smallest absolute Gasteiger partial charge is 0.234 e. The third-order valence-corrected chi connectivity index (χ3v) is 5.30. The fourth-order valence-corrected chi connectivity index (χ4v) is 3.63. The van der Waals surface area contributed by atoms with Gasteiger partial charge in [0.2, 0.25) is 5.91 Å². The first-order chi connectivity index (χ1) is 13.0. The molecule has 4 nitrogen and oxygen atoms in total. The van der Waals surface area contributed by atoms with Crippen LogP contribution in [0.1, 0.15) is 35.6 Å². The summed E-state index contributed by atoms with van der Waals surface area (Å²) in [6.45, 7) is 4.08. The van der Waals surface area contributed by atoms with Gasteiger partial charge in [-0.25, -0.2) is 4.39 Å². The molecule has 0 saturated carbocycles. The minimum atomic E-state index is -0.441. The number of hydrogen-bond acceptors (Lipinski definition) is 3. The number of halogens is 1. The molecule has 27 heavy (non-hydrogen) atoms. The highest BCUT2D eigenvalue weighted by Gasteiger charge is 2.26. The van der Waals surface area contributed by atoms with Crippen LogP contribution in [0.4, 0.5) is 4.39 Å². The molecule has 1 aliphatic heterocycles. The Morgan fingerprint density at radius 2 is 1.93 bits per heavy atom. The number of amides is 1. The topological polar surface area (TPSA) is 52.6 Å². The van der Waals surface area contributed by atoms with Crippen molar-refractivity contribution in [3.63, 3.8) is 0 Å². The first-order valence-electron chi connectivity index (χ1n) is 9.50. The second-order valence-electron chi connectivity index (χ2n) is 7.33. The van der Waals surface area contributed by atoms with Crippen molar-refractivity contribution in [1.29, 1.82) is 0 Å². The van der Waals surface area contributed by atoms with Crippen molar-refractivity contribution in [2.24, 2.45) is 5.92 Å². The molecule has 1 fully saturated rings. The van der Waals surface area contributed by atoms with Gasteiger partial charge in [-0.3, -0.25) is 9.69 Å². The van der Waals surface area contributed by atoms with Crippen molar-refractivity contribution in [2.75, 3.05) is 19.6 Å². The van der Waals surface area contributed by atoms with Gasteiger partial charge >= 0.3 is 0 Å². The Hall–Kier alpha value is -2.24. The van der Waals surface area contributed by atoms with Crippen molar-refractivity contribution >= 4 is 5.91 Å². The van der Waals surface area contributed by atoms with Crippen LogP contribution in [0.15, 0.2) is 48.5 Å². The predicted molar refractivity (Wildman–Crippen MR) is 104 cm³/mol. The molecule has 2 N–H and O–H groups in total. The summed E-state index contributed by atoms with van der Waals surface area (Å²) in [6.07, 6.45) is 1.31. The van der Waals surface area contributed by atoms with Crippen molar-refractivity contribution in [3.8, 4) is 0 Å². The fraction of sp³-hybridized carbons (Fsp3) is 0.409. The van der Waals surface area contributed by atoms with E-state index in [1.165, 1.54) is 6.07 Å². The molecule has 1 atom stereocenters. The number of hydrogen-bond donors (Lipinski definition) is 2. The summed E-state index contributed by atoms with van der Waals surface area (Å²) in [5.41, 5.74) is 2.44. The fourth-order valence-electron chi connectivity index (χ4n) is 3.63. The van der Waals surface area contributed by atoms with Crippen LogP contribution < -0.4 is 5.32 Å². The van der Waals surface area contributed by atoms with E-state index >= 15 is 0 Å². The van der Waals surface area contributed by atoms with Crippen LogP contribution in [0.25, 0.3) is 0 Å². The zero-order valence-electron chi connectivity index (χ0n) is 15.7. The van der Waals surface area contributed by atoms with Gasteiger partial charge in [0.1, 0.15) is 5.82 Å². The van der Waals surface area contributed by atoms with Crippen molar-refractivity contribution in [2.45, 2.75) is 32.4 Å². The monoisotopic (exact) mass is 370 g/mol. The number of nitrogens with zero attached hydrogens (tertiary/aromatic N) is 1. The maximum atomic E-state index is 13.3. The Kier molecular flexibility index (Phi) is 6.58. The van der Waals surface area contributed by atoms with Gasteiger partial charge in [-0.2, -0.15) is 0 Å². The van der Waals surface area contributed by atoms with Gasteiger partial charge < -0.3 is 10.4 Å². The van der Waals surface area contributed by atoms with Crippen LogP contribution in [0.2, 0.25) is 0 Å². The number of benzene rings is 2. The first kappa shape index (κ1) is 19.5. The molecule has 0 radical (unpaired) electrons. The van der Waals surface area contributed by atoms with Crippen molar-refractivity contribution < 1.29 is 14.3 Å². The lowest BCUT2D eigenvalue weighted by atomic mass is 9.87. The average molecular weight is 370 g/mol. The lowest BCUT2D eigenvalue weighted by Gasteiger charge is -2.34. The summed E-state index contributed by atoms with van der Waals surface area (Å²) in [6, 6.07) is 14.6. The number of rotatable bonds is 6.